The number of nitrogens with one attached hydrogen (secondary N) is 1. The van der Waals surface area contributed by atoms with E-state index in [1.807, 2.05) is 13.8 Å². The Morgan fingerprint density at radius 1 is 1.03 bits per heavy atom. The van der Waals surface area contributed by atoms with E-state index in [1.165, 1.54) is 22.6 Å². The predicted molar refractivity (Wildman–Crippen MR) is 127 cm³/mol. The second-order valence-corrected chi connectivity index (χ2v) is 10.4. The second-order valence-electron chi connectivity index (χ2n) is 8.43. The van der Waals surface area contributed by atoms with E-state index in [9.17, 15) is 21.6 Å². The van der Waals surface area contributed by atoms with E-state index in [4.69, 9.17) is 4.74 Å². The van der Waals surface area contributed by atoms with Crippen LogP contribution in [0.25, 0.3) is 16.9 Å². The number of alkyl halides is 3. The van der Waals surface area contributed by atoms with E-state index >= 15 is 0 Å². The highest BCUT2D eigenvalue weighted by atomic mass is 32.2. The lowest BCUT2D eigenvalue weighted by molar-refractivity contribution is -0.136. The quantitative estimate of drug-likeness (QED) is 0.350. The normalized spacial score (nSPS) is 12.4. The molecule has 0 saturated heterocycles. The monoisotopic (exact) mass is 503 g/mol. The standard InChI is InChI=1S/C25H24F3N3O3S/c1-16(2)29-15-22-23(31-12-6-11-21(24(31)30-22)25(26,27)28)17-7-4-8-18(13-17)34-19-9-5-10-20(14-19)35(3,32)33/h4-14,16,29H,15H2,1-3H3. The first kappa shape index (κ1) is 24.7. The fourth-order valence-corrected chi connectivity index (χ4v) is 4.33. The summed E-state index contributed by atoms with van der Waals surface area (Å²) < 4.78 is 72.1. The van der Waals surface area contributed by atoms with Gasteiger partial charge in [0.2, 0.25) is 0 Å². The van der Waals surface area contributed by atoms with E-state index in [-0.39, 0.29) is 23.1 Å². The van der Waals surface area contributed by atoms with Gasteiger partial charge in [0, 0.05) is 30.6 Å². The molecule has 184 valence electrons. The molecular weight excluding hydrogens is 479 g/mol. The summed E-state index contributed by atoms with van der Waals surface area (Å²) in [5, 5.41) is 3.22. The largest absolute Gasteiger partial charge is 0.457 e. The van der Waals surface area contributed by atoms with Gasteiger partial charge in [-0.1, -0.05) is 32.0 Å². The van der Waals surface area contributed by atoms with Crippen LogP contribution in [0.4, 0.5) is 13.2 Å². The van der Waals surface area contributed by atoms with Crippen molar-refractivity contribution in [2.75, 3.05) is 6.26 Å². The van der Waals surface area contributed by atoms with Gasteiger partial charge >= 0.3 is 6.18 Å². The number of halogens is 3. The SMILES string of the molecule is CC(C)NCc1nc2c(C(F)(F)F)cccn2c1-c1cccc(Oc2cccc(S(C)(=O)=O)c2)c1. The van der Waals surface area contributed by atoms with Crippen molar-refractivity contribution in [2.45, 2.75) is 37.5 Å². The fraction of sp³-hybridized carbons (Fsp3) is 0.240. The van der Waals surface area contributed by atoms with E-state index in [0.29, 0.717) is 28.5 Å². The minimum Gasteiger partial charge on any atom is -0.457 e. The van der Waals surface area contributed by atoms with Crippen LogP contribution in [0, 0.1) is 0 Å². The molecule has 0 amide bonds. The van der Waals surface area contributed by atoms with Crippen LogP contribution < -0.4 is 10.1 Å². The van der Waals surface area contributed by atoms with Crippen molar-refractivity contribution >= 4 is 15.5 Å². The molecule has 2 heterocycles. The number of fused-ring (bicyclic) bond motifs is 1. The lowest BCUT2D eigenvalue weighted by atomic mass is 10.1. The van der Waals surface area contributed by atoms with Crippen molar-refractivity contribution in [1.29, 1.82) is 0 Å². The number of imidazole rings is 1. The third-order valence-electron chi connectivity index (χ3n) is 5.28. The molecule has 4 rings (SSSR count). The summed E-state index contributed by atoms with van der Waals surface area (Å²) in [5.74, 6) is 0.724. The molecule has 2 aromatic heterocycles. The van der Waals surface area contributed by atoms with E-state index in [0.717, 1.165) is 12.3 Å². The maximum absolute atomic E-state index is 13.7. The van der Waals surface area contributed by atoms with Crippen molar-refractivity contribution < 1.29 is 26.3 Å². The molecule has 0 bridgehead atoms. The van der Waals surface area contributed by atoms with Crippen LogP contribution in [0.5, 0.6) is 11.5 Å². The molecule has 0 aliphatic heterocycles. The summed E-state index contributed by atoms with van der Waals surface area (Å²) in [6.45, 7) is 4.15. The maximum atomic E-state index is 13.7. The van der Waals surface area contributed by atoms with Gasteiger partial charge in [0.05, 0.1) is 21.8 Å². The van der Waals surface area contributed by atoms with Crippen LogP contribution >= 0.6 is 0 Å². The number of aromatic nitrogens is 2. The zero-order chi connectivity index (χ0) is 25.4. The van der Waals surface area contributed by atoms with Crippen molar-refractivity contribution in [3.63, 3.8) is 0 Å². The summed E-state index contributed by atoms with van der Waals surface area (Å²) in [6, 6.07) is 15.4. The van der Waals surface area contributed by atoms with Gasteiger partial charge in [-0.2, -0.15) is 13.2 Å². The van der Waals surface area contributed by atoms with Crippen LogP contribution in [0.1, 0.15) is 25.1 Å². The van der Waals surface area contributed by atoms with Gasteiger partial charge in [-0.15, -0.1) is 0 Å². The lowest BCUT2D eigenvalue weighted by Crippen LogP contribution is -2.22. The van der Waals surface area contributed by atoms with Crippen molar-refractivity contribution in [3.8, 4) is 22.8 Å². The highest BCUT2D eigenvalue weighted by Crippen LogP contribution is 2.36. The molecule has 2 aromatic carbocycles. The molecule has 0 saturated carbocycles. The summed E-state index contributed by atoms with van der Waals surface area (Å²) in [4.78, 5) is 4.47. The minimum atomic E-state index is -4.55. The van der Waals surface area contributed by atoms with Crippen molar-refractivity contribution in [3.05, 3.63) is 78.1 Å². The van der Waals surface area contributed by atoms with Crippen LogP contribution in [0.3, 0.4) is 0 Å². The molecule has 1 N–H and O–H groups in total. The number of nitrogens with zero attached hydrogens (tertiary/aromatic N) is 2. The van der Waals surface area contributed by atoms with Gasteiger partial charge in [0.15, 0.2) is 9.84 Å². The number of rotatable bonds is 7. The minimum absolute atomic E-state index is 0.103. The predicted octanol–water partition coefficient (Wildman–Crippen LogP) is 5.71. The Labute approximate surface area is 201 Å². The summed E-state index contributed by atoms with van der Waals surface area (Å²) in [7, 11) is -3.41. The zero-order valence-corrected chi connectivity index (χ0v) is 20.1. The van der Waals surface area contributed by atoms with E-state index in [2.05, 4.69) is 10.3 Å². The van der Waals surface area contributed by atoms with Gasteiger partial charge in [0.1, 0.15) is 17.1 Å². The molecular formula is C25H24F3N3O3S. The van der Waals surface area contributed by atoms with Gasteiger partial charge in [-0.25, -0.2) is 13.4 Å². The highest BCUT2D eigenvalue weighted by Gasteiger charge is 2.34. The molecule has 0 unspecified atom stereocenters. The molecule has 0 radical (unpaired) electrons. The van der Waals surface area contributed by atoms with Gasteiger partial charge in [-0.3, -0.25) is 4.40 Å². The second kappa shape index (κ2) is 9.35. The average Bonchev–Trinajstić information content (AvgIpc) is 3.15. The van der Waals surface area contributed by atoms with Crippen LogP contribution in [-0.2, 0) is 22.6 Å². The molecule has 6 nitrogen and oxygen atoms in total. The summed E-state index contributed by atoms with van der Waals surface area (Å²) >= 11 is 0. The summed E-state index contributed by atoms with van der Waals surface area (Å²) in [6.07, 6.45) is -1.89. The number of pyridine rings is 1. The highest BCUT2D eigenvalue weighted by molar-refractivity contribution is 7.90. The Hall–Kier alpha value is -3.37. The van der Waals surface area contributed by atoms with Crippen LogP contribution in [-0.4, -0.2) is 30.1 Å². The Balaban J connectivity index is 1.80. The topological polar surface area (TPSA) is 72.7 Å². The molecule has 35 heavy (non-hydrogen) atoms. The lowest BCUT2D eigenvalue weighted by Gasteiger charge is -2.12. The zero-order valence-electron chi connectivity index (χ0n) is 19.3. The van der Waals surface area contributed by atoms with Crippen molar-refractivity contribution in [2.24, 2.45) is 0 Å². The third-order valence-corrected chi connectivity index (χ3v) is 6.39. The Bertz CT molecular complexity index is 1480. The Morgan fingerprint density at radius 3 is 2.37 bits per heavy atom. The number of hydrogen-bond donors (Lipinski definition) is 1. The average molecular weight is 504 g/mol. The van der Waals surface area contributed by atoms with Gasteiger partial charge in [-0.05, 0) is 42.5 Å². The van der Waals surface area contributed by atoms with Crippen LogP contribution in [0.2, 0.25) is 0 Å². The van der Waals surface area contributed by atoms with E-state index in [1.54, 1.807) is 42.6 Å². The van der Waals surface area contributed by atoms with Gasteiger partial charge < -0.3 is 10.1 Å². The number of hydrogen-bond acceptors (Lipinski definition) is 5. The molecule has 4 aromatic rings. The van der Waals surface area contributed by atoms with E-state index < -0.39 is 21.6 Å². The number of sulfone groups is 1. The molecule has 0 spiro atoms. The Kier molecular flexibility index (Phi) is 6.61. The Morgan fingerprint density at radius 2 is 1.71 bits per heavy atom. The number of benzene rings is 2. The first-order chi connectivity index (χ1) is 16.4. The van der Waals surface area contributed by atoms with Crippen molar-refractivity contribution in [1.82, 2.24) is 14.7 Å². The first-order valence-electron chi connectivity index (χ1n) is 10.8. The molecule has 10 heteroatoms. The first-order valence-corrected chi connectivity index (χ1v) is 12.7. The third kappa shape index (κ3) is 5.49. The molecule has 0 aliphatic rings. The molecule has 0 atom stereocenters. The molecule has 0 aliphatic carbocycles. The van der Waals surface area contributed by atoms with Crippen LogP contribution in [0.15, 0.2) is 71.8 Å². The number of ether oxygens (including phenoxy) is 1. The fourth-order valence-electron chi connectivity index (χ4n) is 3.68. The smallest absolute Gasteiger partial charge is 0.419 e. The molecule has 0 fully saturated rings. The van der Waals surface area contributed by atoms with Gasteiger partial charge in [0.25, 0.3) is 0 Å². The summed E-state index contributed by atoms with van der Waals surface area (Å²) in [5.41, 5.74) is 0.583. The maximum Gasteiger partial charge on any atom is 0.419 e.